The zero-order valence-corrected chi connectivity index (χ0v) is 10.5. The van der Waals surface area contributed by atoms with Crippen LogP contribution in [0.5, 0.6) is 0 Å². The van der Waals surface area contributed by atoms with Gasteiger partial charge in [-0.25, -0.2) is 12.7 Å². The maximum absolute atomic E-state index is 11.7. The molecule has 0 bridgehead atoms. The smallest absolute Gasteiger partial charge is 0.214 e. The van der Waals surface area contributed by atoms with Gasteiger partial charge in [-0.2, -0.15) is 0 Å². The van der Waals surface area contributed by atoms with Crippen molar-refractivity contribution < 1.29 is 13.2 Å². The van der Waals surface area contributed by atoms with Crippen LogP contribution >= 0.6 is 12.4 Å². The van der Waals surface area contributed by atoms with Crippen molar-refractivity contribution in [3.05, 3.63) is 0 Å². The van der Waals surface area contributed by atoms with E-state index in [4.69, 9.17) is 10.5 Å². The van der Waals surface area contributed by atoms with E-state index in [1.54, 1.807) is 7.11 Å². The summed E-state index contributed by atoms with van der Waals surface area (Å²) in [5.74, 6) is 0.160. The number of ether oxygens (including phenoxy) is 1. The van der Waals surface area contributed by atoms with E-state index in [1.807, 2.05) is 0 Å². The molecule has 0 aromatic rings. The van der Waals surface area contributed by atoms with Crippen LogP contribution in [0, 0.1) is 0 Å². The minimum atomic E-state index is -3.09. The molecule has 1 saturated heterocycles. The first kappa shape index (κ1) is 15.1. The fourth-order valence-corrected chi connectivity index (χ4v) is 3.06. The zero-order valence-electron chi connectivity index (χ0n) is 8.89. The largest absolute Gasteiger partial charge is 0.385 e. The van der Waals surface area contributed by atoms with Crippen LogP contribution in [0.15, 0.2) is 0 Å². The van der Waals surface area contributed by atoms with E-state index in [0.29, 0.717) is 26.1 Å². The van der Waals surface area contributed by atoms with Gasteiger partial charge >= 0.3 is 0 Å². The average molecular weight is 259 g/mol. The van der Waals surface area contributed by atoms with Crippen molar-refractivity contribution in [2.24, 2.45) is 5.73 Å². The Labute approximate surface area is 97.4 Å². The Morgan fingerprint density at radius 3 is 2.67 bits per heavy atom. The first-order chi connectivity index (χ1) is 6.56. The molecule has 1 atom stereocenters. The van der Waals surface area contributed by atoms with E-state index in [-0.39, 0.29) is 24.2 Å². The van der Waals surface area contributed by atoms with E-state index in [9.17, 15) is 8.42 Å². The van der Waals surface area contributed by atoms with Crippen molar-refractivity contribution >= 4 is 22.4 Å². The molecule has 2 N–H and O–H groups in total. The molecule has 1 heterocycles. The zero-order chi connectivity index (χ0) is 10.6. The summed E-state index contributed by atoms with van der Waals surface area (Å²) >= 11 is 0. The quantitative estimate of drug-likeness (QED) is 0.694. The lowest BCUT2D eigenvalue weighted by Crippen LogP contribution is -2.33. The van der Waals surface area contributed by atoms with E-state index < -0.39 is 10.0 Å². The molecular formula is C8H19ClN2O3S. The standard InChI is InChI=1S/C8H18N2O3S.ClH/c1-13-5-2-6-14(11,12)10-4-3-8(9)7-10;/h8H,2-7,9H2,1H3;1H. The first-order valence-electron chi connectivity index (χ1n) is 4.78. The first-order valence-corrected chi connectivity index (χ1v) is 6.39. The van der Waals surface area contributed by atoms with Crippen LogP contribution < -0.4 is 5.73 Å². The Morgan fingerprint density at radius 2 is 2.20 bits per heavy atom. The summed E-state index contributed by atoms with van der Waals surface area (Å²) < 4.78 is 29.6. The highest BCUT2D eigenvalue weighted by atomic mass is 35.5. The molecule has 0 aromatic carbocycles. The molecule has 1 aliphatic heterocycles. The highest BCUT2D eigenvalue weighted by Crippen LogP contribution is 2.13. The van der Waals surface area contributed by atoms with Gasteiger partial charge in [0.2, 0.25) is 10.0 Å². The van der Waals surface area contributed by atoms with Gasteiger partial charge < -0.3 is 10.5 Å². The number of sulfonamides is 1. The second-order valence-corrected chi connectivity index (χ2v) is 5.66. The normalized spacial score (nSPS) is 22.7. The lowest BCUT2D eigenvalue weighted by atomic mass is 10.3. The van der Waals surface area contributed by atoms with Crippen LogP contribution in [0.4, 0.5) is 0 Å². The lowest BCUT2D eigenvalue weighted by Gasteiger charge is -2.15. The maximum Gasteiger partial charge on any atom is 0.214 e. The summed E-state index contributed by atoms with van der Waals surface area (Å²) in [5.41, 5.74) is 5.65. The van der Waals surface area contributed by atoms with Gasteiger partial charge in [0.05, 0.1) is 5.75 Å². The maximum atomic E-state index is 11.7. The predicted octanol–water partition coefficient (Wildman–Crippen LogP) is -0.192. The number of hydrogen-bond donors (Lipinski definition) is 1. The van der Waals surface area contributed by atoms with Crippen molar-refractivity contribution in [2.75, 3.05) is 32.6 Å². The van der Waals surface area contributed by atoms with Crippen LogP contribution in [-0.4, -0.2) is 51.3 Å². The highest BCUT2D eigenvalue weighted by Gasteiger charge is 2.28. The summed E-state index contributed by atoms with van der Waals surface area (Å²) in [6, 6.07) is 0.00667. The SMILES string of the molecule is COCCCS(=O)(=O)N1CCC(N)C1.Cl. The van der Waals surface area contributed by atoms with E-state index in [2.05, 4.69) is 0 Å². The molecule has 1 rings (SSSR count). The molecule has 0 amide bonds. The van der Waals surface area contributed by atoms with Crippen LogP contribution in [0.1, 0.15) is 12.8 Å². The molecule has 0 saturated carbocycles. The van der Waals surface area contributed by atoms with Crippen LogP contribution in [0.2, 0.25) is 0 Å². The third kappa shape index (κ3) is 4.65. The highest BCUT2D eigenvalue weighted by molar-refractivity contribution is 7.89. The molecule has 15 heavy (non-hydrogen) atoms. The number of methoxy groups -OCH3 is 1. The molecule has 0 aliphatic carbocycles. The number of halogens is 1. The van der Waals surface area contributed by atoms with E-state index in [0.717, 1.165) is 6.42 Å². The molecule has 0 radical (unpaired) electrons. The Morgan fingerprint density at radius 1 is 1.53 bits per heavy atom. The molecule has 7 heteroatoms. The number of nitrogens with zero attached hydrogens (tertiary/aromatic N) is 1. The fraction of sp³-hybridized carbons (Fsp3) is 1.00. The number of hydrogen-bond acceptors (Lipinski definition) is 4. The van der Waals surface area contributed by atoms with Gasteiger partial charge in [-0.1, -0.05) is 0 Å². The van der Waals surface area contributed by atoms with Gasteiger partial charge in [0.1, 0.15) is 0 Å². The minimum Gasteiger partial charge on any atom is -0.385 e. The van der Waals surface area contributed by atoms with Gasteiger partial charge in [-0.15, -0.1) is 12.4 Å². The molecule has 1 fully saturated rings. The van der Waals surface area contributed by atoms with Crippen LogP contribution in [0.3, 0.4) is 0 Å². The summed E-state index contributed by atoms with van der Waals surface area (Å²) in [4.78, 5) is 0. The molecule has 92 valence electrons. The van der Waals surface area contributed by atoms with Crippen molar-refractivity contribution in [1.82, 2.24) is 4.31 Å². The Balaban J connectivity index is 0.00000196. The van der Waals surface area contributed by atoms with E-state index >= 15 is 0 Å². The van der Waals surface area contributed by atoms with Crippen molar-refractivity contribution in [1.29, 1.82) is 0 Å². The van der Waals surface area contributed by atoms with Crippen molar-refractivity contribution in [3.63, 3.8) is 0 Å². The Kier molecular flexibility index (Phi) is 6.70. The summed E-state index contributed by atoms with van der Waals surface area (Å²) in [6.07, 6.45) is 1.31. The third-order valence-electron chi connectivity index (χ3n) is 2.33. The molecule has 1 aliphatic rings. The van der Waals surface area contributed by atoms with Gasteiger partial charge in [0.15, 0.2) is 0 Å². The second kappa shape index (κ2) is 6.65. The third-order valence-corrected chi connectivity index (χ3v) is 4.25. The Bertz CT molecular complexity index is 271. The van der Waals surface area contributed by atoms with Crippen LogP contribution in [-0.2, 0) is 14.8 Å². The topological polar surface area (TPSA) is 72.6 Å². The number of rotatable bonds is 5. The average Bonchev–Trinajstić information content (AvgIpc) is 2.53. The predicted molar refractivity (Wildman–Crippen MR) is 61.7 cm³/mol. The van der Waals surface area contributed by atoms with Gasteiger partial charge in [-0.05, 0) is 12.8 Å². The second-order valence-electron chi connectivity index (χ2n) is 3.57. The van der Waals surface area contributed by atoms with Crippen molar-refractivity contribution in [3.8, 4) is 0 Å². The fourth-order valence-electron chi connectivity index (χ4n) is 1.52. The monoisotopic (exact) mass is 258 g/mol. The summed E-state index contributed by atoms with van der Waals surface area (Å²) in [6.45, 7) is 1.52. The van der Waals surface area contributed by atoms with Gasteiger partial charge in [0, 0.05) is 32.8 Å². The Hall–Kier alpha value is 0.120. The van der Waals surface area contributed by atoms with Crippen LogP contribution in [0.25, 0.3) is 0 Å². The molecule has 0 aromatic heterocycles. The summed E-state index contributed by atoms with van der Waals surface area (Å²) in [7, 11) is -1.52. The van der Waals surface area contributed by atoms with Crippen molar-refractivity contribution in [2.45, 2.75) is 18.9 Å². The van der Waals surface area contributed by atoms with Gasteiger partial charge in [-0.3, -0.25) is 0 Å². The number of nitrogens with two attached hydrogens (primary N) is 1. The van der Waals surface area contributed by atoms with Gasteiger partial charge in [0.25, 0.3) is 0 Å². The molecule has 5 nitrogen and oxygen atoms in total. The summed E-state index contributed by atoms with van der Waals surface area (Å²) in [5, 5.41) is 0. The molecular weight excluding hydrogens is 240 g/mol. The minimum absolute atomic E-state index is 0. The van der Waals surface area contributed by atoms with E-state index in [1.165, 1.54) is 4.31 Å². The molecule has 0 spiro atoms. The lowest BCUT2D eigenvalue weighted by molar-refractivity contribution is 0.199. The molecule has 1 unspecified atom stereocenters.